The van der Waals surface area contributed by atoms with Crippen molar-refractivity contribution in [2.24, 2.45) is 5.92 Å². The van der Waals surface area contributed by atoms with Crippen LogP contribution in [0.1, 0.15) is 42.9 Å². The van der Waals surface area contributed by atoms with Crippen LogP contribution < -0.4 is 4.74 Å². The van der Waals surface area contributed by atoms with Gasteiger partial charge in [-0.1, -0.05) is 55.8 Å². The Labute approximate surface area is 209 Å². The monoisotopic (exact) mass is 504 g/mol. The standard InChI is InChI=1S/C29H32F4O3/c1-2-3-22-17-34-27(35-18-22)15-8-21-7-14-26-24(16-21)11-10-23(28(26)30)9-4-20-5-12-25(13-6-20)36-19-29(31,32)33/h5-7,10-14,16,22,27H,2-4,8-9,15,17-19H2,1H3. The molecule has 1 aliphatic rings. The van der Waals surface area contributed by atoms with E-state index in [2.05, 4.69) is 6.92 Å². The fraction of sp³-hybridized carbons (Fsp3) is 0.448. The predicted molar refractivity (Wildman–Crippen MR) is 132 cm³/mol. The zero-order chi connectivity index (χ0) is 25.5. The number of benzene rings is 3. The van der Waals surface area contributed by atoms with Crippen LogP contribution in [-0.4, -0.2) is 32.3 Å². The summed E-state index contributed by atoms with van der Waals surface area (Å²) in [6.45, 7) is 2.35. The average molecular weight is 505 g/mol. The predicted octanol–water partition coefficient (Wildman–Crippen LogP) is 7.43. The van der Waals surface area contributed by atoms with Crippen molar-refractivity contribution in [3.63, 3.8) is 0 Å². The van der Waals surface area contributed by atoms with Gasteiger partial charge in [0.1, 0.15) is 11.6 Å². The Hall–Kier alpha value is -2.64. The van der Waals surface area contributed by atoms with E-state index in [9.17, 15) is 13.2 Å². The van der Waals surface area contributed by atoms with Crippen LogP contribution in [0.25, 0.3) is 10.8 Å². The molecular weight excluding hydrogens is 472 g/mol. The number of hydrogen-bond acceptors (Lipinski definition) is 3. The summed E-state index contributed by atoms with van der Waals surface area (Å²) in [4.78, 5) is 0. The van der Waals surface area contributed by atoms with Crippen molar-refractivity contribution in [3.05, 3.63) is 77.1 Å². The maximum absolute atomic E-state index is 15.2. The van der Waals surface area contributed by atoms with E-state index in [0.717, 1.165) is 55.4 Å². The highest BCUT2D eigenvalue weighted by Crippen LogP contribution is 2.26. The maximum Gasteiger partial charge on any atom is 0.422 e. The van der Waals surface area contributed by atoms with Crippen molar-refractivity contribution in [2.75, 3.05) is 19.8 Å². The van der Waals surface area contributed by atoms with Gasteiger partial charge in [0.15, 0.2) is 12.9 Å². The second-order valence-corrected chi connectivity index (χ2v) is 9.43. The molecule has 194 valence electrons. The molecule has 1 aliphatic heterocycles. The zero-order valence-corrected chi connectivity index (χ0v) is 20.5. The highest BCUT2D eigenvalue weighted by molar-refractivity contribution is 5.84. The van der Waals surface area contributed by atoms with Gasteiger partial charge in [0, 0.05) is 17.7 Å². The first-order valence-electron chi connectivity index (χ1n) is 12.5. The highest BCUT2D eigenvalue weighted by Gasteiger charge is 2.28. The lowest BCUT2D eigenvalue weighted by Crippen LogP contribution is -2.32. The summed E-state index contributed by atoms with van der Waals surface area (Å²) >= 11 is 0. The van der Waals surface area contributed by atoms with E-state index < -0.39 is 12.8 Å². The molecule has 0 aromatic heterocycles. The molecule has 7 heteroatoms. The Bertz CT molecular complexity index is 1120. The third-order valence-electron chi connectivity index (χ3n) is 6.51. The summed E-state index contributed by atoms with van der Waals surface area (Å²) in [6, 6.07) is 16.0. The van der Waals surface area contributed by atoms with Gasteiger partial charge in [0.05, 0.1) is 13.2 Å². The quantitative estimate of drug-likeness (QED) is 0.269. The Morgan fingerprint density at radius 1 is 0.861 bits per heavy atom. The van der Waals surface area contributed by atoms with E-state index in [4.69, 9.17) is 14.2 Å². The van der Waals surface area contributed by atoms with Gasteiger partial charge in [0.2, 0.25) is 0 Å². The van der Waals surface area contributed by atoms with Crippen LogP contribution in [-0.2, 0) is 28.7 Å². The first-order chi connectivity index (χ1) is 17.3. The summed E-state index contributed by atoms with van der Waals surface area (Å²) in [6.07, 6.45) is 0.325. The van der Waals surface area contributed by atoms with E-state index in [0.29, 0.717) is 29.7 Å². The van der Waals surface area contributed by atoms with Gasteiger partial charge in [-0.2, -0.15) is 13.2 Å². The third-order valence-corrected chi connectivity index (χ3v) is 6.51. The van der Waals surface area contributed by atoms with Crippen molar-refractivity contribution in [2.45, 2.75) is 57.9 Å². The molecule has 0 unspecified atom stereocenters. The van der Waals surface area contributed by atoms with Gasteiger partial charge >= 0.3 is 6.18 Å². The summed E-state index contributed by atoms with van der Waals surface area (Å²) in [5, 5.41) is 1.44. The Balaban J connectivity index is 1.31. The summed E-state index contributed by atoms with van der Waals surface area (Å²) in [5.41, 5.74) is 2.63. The molecule has 0 saturated carbocycles. The molecule has 0 bridgehead atoms. The number of ether oxygens (including phenoxy) is 3. The fourth-order valence-electron chi connectivity index (χ4n) is 4.54. The molecule has 0 N–H and O–H groups in total. The average Bonchev–Trinajstić information content (AvgIpc) is 2.87. The molecule has 36 heavy (non-hydrogen) atoms. The second-order valence-electron chi connectivity index (χ2n) is 9.43. The molecule has 1 saturated heterocycles. The Morgan fingerprint density at radius 3 is 2.28 bits per heavy atom. The van der Waals surface area contributed by atoms with Crippen LogP contribution in [0.15, 0.2) is 54.6 Å². The SMILES string of the molecule is CCCC1COC(CCc2ccc3c(F)c(CCc4ccc(OCC(F)(F)F)cc4)ccc3c2)OC1. The lowest BCUT2D eigenvalue weighted by atomic mass is 9.98. The normalized spacial score (nSPS) is 18.5. The molecule has 3 aromatic rings. The first kappa shape index (κ1) is 26.4. The van der Waals surface area contributed by atoms with Crippen LogP contribution >= 0.6 is 0 Å². The number of fused-ring (bicyclic) bond motifs is 1. The largest absolute Gasteiger partial charge is 0.484 e. The minimum absolute atomic E-state index is 0.158. The van der Waals surface area contributed by atoms with Crippen molar-refractivity contribution in [1.29, 1.82) is 0 Å². The molecule has 0 amide bonds. The smallest absolute Gasteiger partial charge is 0.422 e. The van der Waals surface area contributed by atoms with Crippen LogP contribution in [0, 0.1) is 11.7 Å². The molecule has 0 radical (unpaired) electrons. The van der Waals surface area contributed by atoms with Crippen LogP contribution in [0.5, 0.6) is 5.75 Å². The molecule has 4 rings (SSSR count). The van der Waals surface area contributed by atoms with E-state index in [1.807, 2.05) is 30.3 Å². The van der Waals surface area contributed by atoms with Crippen molar-refractivity contribution in [1.82, 2.24) is 0 Å². The maximum atomic E-state index is 15.2. The summed E-state index contributed by atoms with van der Waals surface area (Å²) in [7, 11) is 0. The minimum atomic E-state index is -4.37. The van der Waals surface area contributed by atoms with E-state index in [1.54, 1.807) is 12.1 Å². The first-order valence-corrected chi connectivity index (χ1v) is 12.5. The summed E-state index contributed by atoms with van der Waals surface area (Å²) < 4.78 is 68.5. The second kappa shape index (κ2) is 12.1. The third kappa shape index (κ3) is 7.43. The number of rotatable bonds is 10. The van der Waals surface area contributed by atoms with Gasteiger partial charge in [-0.05, 0) is 59.9 Å². The lowest BCUT2D eigenvalue weighted by Gasteiger charge is -2.29. The number of hydrogen-bond donors (Lipinski definition) is 0. The van der Waals surface area contributed by atoms with E-state index in [1.165, 1.54) is 12.1 Å². The zero-order valence-electron chi connectivity index (χ0n) is 20.5. The Kier molecular flexibility index (Phi) is 8.86. The van der Waals surface area contributed by atoms with Gasteiger partial charge < -0.3 is 14.2 Å². The molecule has 0 aliphatic carbocycles. The van der Waals surface area contributed by atoms with E-state index >= 15 is 4.39 Å². The summed E-state index contributed by atoms with van der Waals surface area (Å²) in [5.74, 6) is 0.414. The van der Waals surface area contributed by atoms with Crippen LogP contribution in [0.3, 0.4) is 0 Å². The molecule has 0 spiro atoms. The molecule has 3 nitrogen and oxygen atoms in total. The fourth-order valence-corrected chi connectivity index (χ4v) is 4.54. The molecular formula is C29H32F4O3. The van der Waals surface area contributed by atoms with Crippen LogP contribution in [0.2, 0.25) is 0 Å². The topological polar surface area (TPSA) is 27.7 Å². The highest BCUT2D eigenvalue weighted by atomic mass is 19.4. The number of alkyl halides is 3. The minimum Gasteiger partial charge on any atom is -0.484 e. The van der Waals surface area contributed by atoms with Gasteiger partial charge in [-0.15, -0.1) is 0 Å². The van der Waals surface area contributed by atoms with Crippen LogP contribution in [0.4, 0.5) is 17.6 Å². The van der Waals surface area contributed by atoms with Gasteiger partial charge in [-0.25, -0.2) is 4.39 Å². The number of halogens is 4. The van der Waals surface area contributed by atoms with Crippen molar-refractivity contribution in [3.8, 4) is 5.75 Å². The Morgan fingerprint density at radius 2 is 1.58 bits per heavy atom. The number of aryl methyl sites for hydroxylation is 3. The molecule has 0 atom stereocenters. The molecule has 3 aromatic carbocycles. The van der Waals surface area contributed by atoms with E-state index in [-0.39, 0.29) is 17.9 Å². The van der Waals surface area contributed by atoms with Crippen molar-refractivity contribution >= 4 is 10.8 Å². The van der Waals surface area contributed by atoms with Crippen molar-refractivity contribution < 1.29 is 31.8 Å². The molecule has 1 fully saturated rings. The van der Waals surface area contributed by atoms with Gasteiger partial charge in [0.25, 0.3) is 0 Å². The lowest BCUT2D eigenvalue weighted by molar-refractivity contribution is -0.203. The molecule has 1 heterocycles. The van der Waals surface area contributed by atoms with Gasteiger partial charge in [-0.3, -0.25) is 0 Å².